The van der Waals surface area contributed by atoms with Gasteiger partial charge in [0.25, 0.3) is 0 Å². The van der Waals surface area contributed by atoms with E-state index < -0.39 is 0 Å². The second kappa shape index (κ2) is 4.60. The van der Waals surface area contributed by atoms with Crippen LogP contribution in [-0.4, -0.2) is 0 Å². The molecule has 2 aromatic rings. The van der Waals surface area contributed by atoms with Gasteiger partial charge in [-0.1, -0.05) is 48.1 Å². The average Bonchev–Trinajstić information content (AvgIpc) is 2.53. The fraction of sp³-hybridized carbons (Fsp3) is 0.263. The lowest BCUT2D eigenvalue weighted by molar-refractivity contribution is 0.831. The van der Waals surface area contributed by atoms with E-state index in [1.165, 1.54) is 58.7 Å². The summed E-state index contributed by atoms with van der Waals surface area (Å²) in [4.78, 5) is 0. The van der Waals surface area contributed by atoms with E-state index in [9.17, 15) is 0 Å². The first-order valence-electron chi connectivity index (χ1n) is 7.51. The van der Waals surface area contributed by atoms with Gasteiger partial charge in [0.15, 0.2) is 0 Å². The molecule has 2 aromatic carbocycles. The highest BCUT2D eigenvalue weighted by molar-refractivity contribution is 5.95. The second-order valence-corrected chi connectivity index (χ2v) is 5.77. The van der Waals surface area contributed by atoms with Gasteiger partial charge in [-0.3, -0.25) is 0 Å². The van der Waals surface area contributed by atoms with E-state index in [1.54, 1.807) is 5.57 Å². The Hall–Kier alpha value is -1.86. The molecule has 0 atom stereocenters. The normalized spacial score (nSPS) is 17.2. The molecule has 0 spiro atoms. The molecule has 2 aliphatic carbocycles. The predicted octanol–water partition coefficient (Wildman–Crippen LogP) is 4.35. The van der Waals surface area contributed by atoms with Gasteiger partial charge < -0.3 is 5.73 Å². The lowest BCUT2D eigenvalue weighted by Crippen LogP contribution is -2.07. The maximum atomic E-state index is 5.88. The molecular formula is C19H19N. The van der Waals surface area contributed by atoms with Crippen molar-refractivity contribution >= 4 is 16.3 Å². The van der Waals surface area contributed by atoms with Crippen LogP contribution in [0.15, 0.2) is 48.1 Å². The lowest BCUT2D eigenvalue weighted by atomic mass is 9.79. The summed E-state index contributed by atoms with van der Waals surface area (Å²) in [6.07, 6.45) is 9.49. The predicted molar refractivity (Wildman–Crippen MR) is 85.5 cm³/mol. The molecule has 0 aromatic heterocycles. The summed E-state index contributed by atoms with van der Waals surface area (Å²) in [5.41, 5.74) is 13.2. The van der Waals surface area contributed by atoms with Crippen molar-refractivity contribution in [2.24, 2.45) is 5.73 Å². The second-order valence-electron chi connectivity index (χ2n) is 5.77. The SMILES string of the molecule is NCc1cccc2c3c(ccc12)C1=C(CCC=C1)CC3. The van der Waals surface area contributed by atoms with E-state index in [0.29, 0.717) is 6.54 Å². The van der Waals surface area contributed by atoms with Gasteiger partial charge in [-0.05, 0) is 58.7 Å². The van der Waals surface area contributed by atoms with E-state index in [2.05, 4.69) is 42.5 Å². The maximum Gasteiger partial charge on any atom is 0.0184 e. The molecule has 4 rings (SSSR count). The van der Waals surface area contributed by atoms with Crippen LogP contribution < -0.4 is 5.73 Å². The van der Waals surface area contributed by atoms with Crippen molar-refractivity contribution in [3.8, 4) is 0 Å². The van der Waals surface area contributed by atoms with Gasteiger partial charge in [0.1, 0.15) is 0 Å². The quantitative estimate of drug-likeness (QED) is 0.811. The molecule has 0 saturated heterocycles. The Bertz CT molecular complexity index is 750. The highest BCUT2D eigenvalue weighted by Crippen LogP contribution is 2.40. The van der Waals surface area contributed by atoms with Crippen LogP contribution in [0, 0.1) is 0 Å². The van der Waals surface area contributed by atoms with Gasteiger partial charge in [0, 0.05) is 6.54 Å². The molecule has 2 aliphatic rings. The summed E-state index contributed by atoms with van der Waals surface area (Å²) in [6, 6.07) is 11.1. The Kier molecular flexibility index (Phi) is 2.75. The van der Waals surface area contributed by atoms with Crippen LogP contribution >= 0.6 is 0 Å². The zero-order valence-electron chi connectivity index (χ0n) is 11.7. The van der Waals surface area contributed by atoms with Crippen molar-refractivity contribution in [1.29, 1.82) is 0 Å². The Morgan fingerprint density at radius 3 is 2.80 bits per heavy atom. The van der Waals surface area contributed by atoms with E-state index >= 15 is 0 Å². The zero-order chi connectivity index (χ0) is 13.5. The topological polar surface area (TPSA) is 26.0 Å². The van der Waals surface area contributed by atoms with Gasteiger partial charge in [0.2, 0.25) is 0 Å². The average molecular weight is 261 g/mol. The first kappa shape index (κ1) is 11.9. The lowest BCUT2D eigenvalue weighted by Gasteiger charge is -2.25. The van der Waals surface area contributed by atoms with Gasteiger partial charge in [-0.2, -0.15) is 0 Å². The van der Waals surface area contributed by atoms with Crippen LogP contribution in [0.4, 0.5) is 0 Å². The van der Waals surface area contributed by atoms with E-state index in [0.717, 1.165) is 0 Å². The monoisotopic (exact) mass is 261 g/mol. The largest absolute Gasteiger partial charge is 0.326 e. The molecule has 0 radical (unpaired) electrons. The van der Waals surface area contributed by atoms with Crippen LogP contribution in [0.3, 0.4) is 0 Å². The van der Waals surface area contributed by atoms with Gasteiger partial charge in [-0.25, -0.2) is 0 Å². The summed E-state index contributed by atoms with van der Waals surface area (Å²) < 4.78 is 0. The van der Waals surface area contributed by atoms with Crippen molar-refractivity contribution in [1.82, 2.24) is 0 Å². The molecule has 1 nitrogen and oxygen atoms in total. The van der Waals surface area contributed by atoms with Crippen LogP contribution in [-0.2, 0) is 13.0 Å². The standard InChI is InChI=1S/C19H19N/c20-12-14-5-3-7-17-16(14)10-11-18-15-6-2-1-4-13(15)8-9-19(17)18/h2-3,5-7,10-11H,1,4,8-9,12,20H2. The van der Waals surface area contributed by atoms with Gasteiger partial charge >= 0.3 is 0 Å². The molecule has 0 amide bonds. The molecule has 20 heavy (non-hydrogen) atoms. The fourth-order valence-corrected chi connectivity index (χ4v) is 3.71. The van der Waals surface area contributed by atoms with Crippen LogP contribution in [0.5, 0.6) is 0 Å². The summed E-state index contributed by atoms with van der Waals surface area (Å²) in [7, 11) is 0. The third kappa shape index (κ3) is 1.66. The Balaban J connectivity index is 2.00. The van der Waals surface area contributed by atoms with Crippen LogP contribution in [0.25, 0.3) is 16.3 Å². The molecule has 0 heterocycles. The minimum absolute atomic E-state index is 0.615. The number of hydrogen-bond donors (Lipinski definition) is 1. The van der Waals surface area contributed by atoms with Crippen molar-refractivity contribution < 1.29 is 0 Å². The molecule has 0 aliphatic heterocycles. The minimum Gasteiger partial charge on any atom is -0.326 e. The molecule has 2 N–H and O–H groups in total. The maximum absolute atomic E-state index is 5.88. The smallest absolute Gasteiger partial charge is 0.0184 e. The summed E-state index contributed by atoms with van der Waals surface area (Å²) in [5.74, 6) is 0. The van der Waals surface area contributed by atoms with E-state index in [1.807, 2.05) is 0 Å². The Morgan fingerprint density at radius 2 is 1.90 bits per heavy atom. The van der Waals surface area contributed by atoms with Crippen molar-refractivity contribution in [2.75, 3.05) is 0 Å². The number of fused-ring (bicyclic) bond motifs is 4. The molecule has 0 bridgehead atoms. The highest BCUT2D eigenvalue weighted by Gasteiger charge is 2.20. The summed E-state index contributed by atoms with van der Waals surface area (Å²) in [6.45, 7) is 0.615. The number of aryl methyl sites for hydroxylation is 1. The molecule has 0 unspecified atom stereocenters. The molecular weight excluding hydrogens is 242 g/mol. The van der Waals surface area contributed by atoms with E-state index in [4.69, 9.17) is 5.73 Å². The van der Waals surface area contributed by atoms with Crippen LogP contribution in [0.2, 0.25) is 0 Å². The van der Waals surface area contributed by atoms with Gasteiger partial charge in [-0.15, -0.1) is 0 Å². The number of allylic oxidation sites excluding steroid dienone is 4. The molecule has 0 fully saturated rings. The Morgan fingerprint density at radius 1 is 0.950 bits per heavy atom. The third-order valence-corrected chi connectivity index (χ3v) is 4.73. The number of nitrogens with two attached hydrogens (primary N) is 1. The number of rotatable bonds is 1. The van der Waals surface area contributed by atoms with E-state index in [-0.39, 0.29) is 0 Å². The minimum atomic E-state index is 0.615. The summed E-state index contributed by atoms with van der Waals surface area (Å²) >= 11 is 0. The highest BCUT2D eigenvalue weighted by atomic mass is 14.5. The summed E-state index contributed by atoms with van der Waals surface area (Å²) in [5, 5.41) is 2.73. The van der Waals surface area contributed by atoms with Gasteiger partial charge in [0.05, 0.1) is 0 Å². The Labute approximate surface area is 119 Å². The first-order chi connectivity index (χ1) is 9.88. The number of hydrogen-bond acceptors (Lipinski definition) is 1. The van der Waals surface area contributed by atoms with Crippen molar-refractivity contribution in [2.45, 2.75) is 32.2 Å². The van der Waals surface area contributed by atoms with Crippen LogP contribution in [0.1, 0.15) is 36.0 Å². The van der Waals surface area contributed by atoms with Crippen molar-refractivity contribution in [3.05, 3.63) is 64.7 Å². The first-order valence-corrected chi connectivity index (χ1v) is 7.51. The molecule has 100 valence electrons. The zero-order valence-corrected chi connectivity index (χ0v) is 11.7. The number of benzene rings is 2. The third-order valence-electron chi connectivity index (χ3n) is 4.73. The molecule has 0 saturated carbocycles. The fourth-order valence-electron chi connectivity index (χ4n) is 3.71. The van der Waals surface area contributed by atoms with Crippen molar-refractivity contribution in [3.63, 3.8) is 0 Å². The molecule has 1 heteroatoms.